The van der Waals surface area contributed by atoms with Crippen molar-refractivity contribution >= 4 is 17.6 Å². The summed E-state index contributed by atoms with van der Waals surface area (Å²) in [6.45, 7) is 0. The number of aromatic hydroxyl groups is 1. The highest BCUT2D eigenvalue weighted by atomic mass is 35.5. The quantitative estimate of drug-likeness (QED) is 0.702. The summed E-state index contributed by atoms with van der Waals surface area (Å²) in [5.41, 5.74) is -0.470. The second-order valence-corrected chi connectivity index (χ2v) is 2.97. The van der Waals surface area contributed by atoms with Crippen molar-refractivity contribution in [2.24, 2.45) is 0 Å². The molecule has 0 aliphatic carbocycles. The van der Waals surface area contributed by atoms with Crippen molar-refractivity contribution in [3.63, 3.8) is 0 Å². The maximum absolute atomic E-state index is 12.7. The average molecular weight is 221 g/mol. The van der Waals surface area contributed by atoms with Crippen LogP contribution in [0.4, 0.5) is 4.39 Å². The molecule has 1 rings (SSSR count). The molecule has 1 aromatic rings. The molecule has 0 saturated heterocycles. The fraction of sp³-hybridized carbons (Fsp3) is 0.125. The lowest BCUT2D eigenvalue weighted by Crippen LogP contribution is -2.11. The number of aliphatic hydroxyl groups is 1. The SMILES string of the molecule is O=C(O)C(O)c1cc(F)cc(Cl)c1O. The second kappa shape index (κ2) is 3.81. The Morgan fingerprint density at radius 1 is 1.50 bits per heavy atom. The van der Waals surface area contributed by atoms with Crippen molar-refractivity contribution in [3.05, 3.63) is 28.5 Å². The number of carboxylic acids is 1. The van der Waals surface area contributed by atoms with Crippen molar-refractivity contribution < 1.29 is 24.5 Å². The first-order chi connectivity index (χ1) is 6.43. The number of rotatable bonds is 2. The number of hydrogen-bond donors (Lipinski definition) is 3. The number of aliphatic carboxylic acids is 1. The van der Waals surface area contributed by atoms with Gasteiger partial charge >= 0.3 is 5.97 Å². The lowest BCUT2D eigenvalue weighted by Gasteiger charge is -2.09. The Balaban J connectivity index is 3.26. The van der Waals surface area contributed by atoms with Crippen LogP contribution >= 0.6 is 11.6 Å². The Kier molecular flexibility index (Phi) is 2.93. The summed E-state index contributed by atoms with van der Waals surface area (Å²) in [5.74, 6) is -3.06. The lowest BCUT2D eigenvalue weighted by molar-refractivity contribution is -0.147. The monoisotopic (exact) mass is 220 g/mol. The van der Waals surface area contributed by atoms with Gasteiger partial charge in [-0.15, -0.1) is 0 Å². The number of halogens is 2. The first-order valence-electron chi connectivity index (χ1n) is 3.52. The van der Waals surface area contributed by atoms with Crippen molar-refractivity contribution in [3.8, 4) is 5.75 Å². The maximum atomic E-state index is 12.7. The van der Waals surface area contributed by atoms with Gasteiger partial charge in [0, 0.05) is 5.56 Å². The zero-order valence-corrected chi connectivity index (χ0v) is 7.49. The van der Waals surface area contributed by atoms with Gasteiger partial charge < -0.3 is 15.3 Å². The largest absolute Gasteiger partial charge is 0.506 e. The van der Waals surface area contributed by atoms with Gasteiger partial charge in [0.05, 0.1) is 5.02 Å². The smallest absolute Gasteiger partial charge is 0.337 e. The van der Waals surface area contributed by atoms with Crippen molar-refractivity contribution in [2.45, 2.75) is 6.10 Å². The number of carboxylic acid groups (broad SMARTS) is 1. The average Bonchev–Trinajstić information content (AvgIpc) is 2.09. The van der Waals surface area contributed by atoms with E-state index in [1.807, 2.05) is 0 Å². The summed E-state index contributed by atoms with van der Waals surface area (Å²) in [4.78, 5) is 10.3. The molecule has 4 nitrogen and oxygen atoms in total. The molecule has 0 saturated carbocycles. The summed E-state index contributed by atoms with van der Waals surface area (Å²) in [5, 5.41) is 26.3. The summed E-state index contributed by atoms with van der Waals surface area (Å²) >= 11 is 5.37. The highest BCUT2D eigenvalue weighted by molar-refractivity contribution is 6.32. The maximum Gasteiger partial charge on any atom is 0.337 e. The van der Waals surface area contributed by atoms with Gasteiger partial charge in [-0.05, 0) is 12.1 Å². The topological polar surface area (TPSA) is 77.8 Å². The molecule has 1 atom stereocenters. The van der Waals surface area contributed by atoms with E-state index >= 15 is 0 Å². The second-order valence-electron chi connectivity index (χ2n) is 2.57. The van der Waals surface area contributed by atoms with Crippen molar-refractivity contribution in [1.29, 1.82) is 0 Å². The molecular formula is C8H6ClFO4. The molecule has 0 aromatic heterocycles. The minimum absolute atomic E-state index is 0.347. The summed E-state index contributed by atoms with van der Waals surface area (Å²) < 4.78 is 12.7. The van der Waals surface area contributed by atoms with Crippen LogP contribution in [0.25, 0.3) is 0 Å². The molecule has 0 aliphatic heterocycles. The minimum Gasteiger partial charge on any atom is -0.506 e. The van der Waals surface area contributed by atoms with Gasteiger partial charge in [-0.3, -0.25) is 0 Å². The van der Waals surface area contributed by atoms with E-state index in [1.165, 1.54) is 0 Å². The lowest BCUT2D eigenvalue weighted by atomic mass is 10.1. The first-order valence-corrected chi connectivity index (χ1v) is 3.90. The molecule has 6 heteroatoms. The molecule has 0 aliphatic rings. The molecule has 0 radical (unpaired) electrons. The normalized spacial score (nSPS) is 12.5. The van der Waals surface area contributed by atoms with Gasteiger partial charge in [0.2, 0.25) is 0 Å². The molecule has 14 heavy (non-hydrogen) atoms. The number of phenols is 1. The van der Waals surface area contributed by atoms with E-state index in [2.05, 4.69) is 0 Å². The van der Waals surface area contributed by atoms with Crippen LogP contribution in [0.2, 0.25) is 5.02 Å². The summed E-state index contributed by atoms with van der Waals surface area (Å²) in [6.07, 6.45) is -2.00. The minimum atomic E-state index is -2.00. The molecular weight excluding hydrogens is 215 g/mol. The van der Waals surface area contributed by atoms with Crippen molar-refractivity contribution in [2.75, 3.05) is 0 Å². The third-order valence-electron chi connectivity index (χ3n) is 1.59. The fourth-order valence-corrected chi connectivity index (χ4v) is 1.14. The van der Waals surface area contributed by atoms with E-state index in [4.69, 9.17) is 21.8 Å². The molecule has 0 fully saturated rings. The molecule has 1 unspecified atom stereocenters. The van der Waals surface area contributed by atoms with E-state index in [0.29, 0.717) is 6.07 Å². The van der Waals surface area contributed by atoms with Crippen LogP contribution in [0.3, 0.4) is 0 Å². The van der Waals surface area contributed by atoms with Crippen LogP contribution in [0, 0.1) is 5.82 Å². The number of phenolic OH excluding ortho intramolecular Hbond substituents is 1. The standard InChI is InChI=1S/C8H6ClFO4/c9-5-2-3(10)1-4(6(5)11)7(12)8(13)14/h1-2,7,11-12H,(H,13,14). The van der Waals surface area contributed by atoms with Crippen LogP contribution in [0.15, 0.2) is 12.1 Å². The first kappa shape index (κ1) is 10.7. The number of benzene rings is 1. The molecule has 0 bridgehead atoms. The van der Waals surface area contributed by atoms with Gasteiger partial charge in [0.1, 0.15) is 11.6 Å². The van der Waals surface area contributed by atoms with Crippen LogP contribution in [0.5, 0.6) is 5.75 Å². The Labute approximate surface area is 83.2 Å². The van der Waals surface area contributed by atoms with E-state index < -0.39 is 29.2 Å². The van der Waals surface area contributed by atoms with E-state index in [1.54, 1.807) is 0 Å². The van der Waals surface area contributed by atoms with Gasteiger partial charge in [-0.1, -0.05) is 11.6 Å². The van der Waals surface area contributed by atoms with Crippen LogP contribution in [-0.4, -0.2) is 21.3 Å². The summed E-state index contributed by atoms with van der Waals surface area (Å²) in [6, 6.07) is 1.52. The van der Waals surface area contributed by atoms with Gasteiger partial charge in [0.25, 0.3) is 0 Å². The predicted molar refractivity (Wildman–Crippen MR) is 45.7 cm³/mol. The molecule has 0 spiro atoms. The Morgan fingerprint density at radius 2 is 2.07 bits per heavy atom. The number of hydrogen-bond acceptors (Lipinski definition) is 3. The zero-order chi connectivity index (χ0) is 10.9. The number of carbonyl (C=O) groups is 1. The van der Waals surface area contributed by atoms with E-state index in [9.17, 15) is 14.3 Å². The van der Waals surface area contributed by atoms with Crippen LogP contribution < -0.4 is 0 Å². The highest BCUT2D eigenvalue weighted by Crippen LogP contribution is 2.32. The Hall–Kier alpha value is -1.33. The highest BCUT2D eigenvalue weighted by Gasteiger charge is 2.22. The van der Waals surface area contributed by atoms with Gasteiger partial charge in [0.15, 0.2) is 6.10 Å². The number of aliphatic hydroxyl groups excluding tert-OH is 1. The van der Waals surface area contributed by atoms with E-state index in [0.717, 1.165) is 6.07 Å². The van der Waals surface area contributed by atoms with Crippen LogP contribution in [-0.2, 0) is 4.79 Å². The molecule has 76 valence electrons. The van der Waals surface area contributed by atoms with Gasteiger partial charge in [-0.2, -0.15) is 0 Å². The predicted octanol–water partition coefficient (Wildman–Crippen LogP) is 1.30. The molecule has 0 heterocycles. The van der Waals surface area contributed by atoms with E-state index in [-0.39, 0.29) is 5.02 Å². The molecule has 3 N–H and O–H groups in total. The van der Waals surface area contributed by atoms with Crippen molar-refractivity contribution in [1.82, 2.24) is 0 Å². The molecule has 0 amide bonds. The zero-order valence-electron chi connectivity index (χ0n) is 6.74. The third kappa shape index (κ3) is 1.94. The molecule has 1 aromatic carbocycles. The Bertz CT molecular complexity index is 380. The van der Waals surface area contributed by atoms with Crippen LogP contribution in [0.1, 0.15) is 11.7 Å². The summed E-state index contributed by atoms with van der Waals surface area (Å²) in [7, 11) is 0. The fourth-order valence-electron chi connectivity index (χ4n) is 0.927. The van der Waals surface area contributed by atoms with Gasteiger partial charge in [-0.25, -0.2) is 9.18 Å². The Morgan fingerprint density at radius 3 is 2.57 bits per heavy atom. The third-order valence-corrected chi connectivity index (χ3v) is 1.87.